The number of piperidine rings is 1. The van der Waals surface area contributed by atoms with Crippen molar-refractivity contribution in [1.82, 2.24) is 19.8 Å². The SMILES string of the molecule is CC1CCCN(C(=O)CC(=O)N2CCN(c3ncccn3)CC2)C1. The first kappa shape index (κ1) is 16.7. The minimum atomic E-state index is -0.0631. The maximum absolute atomic E-state index is 12.4. The predicted octanol–water partition coefficient (Wildman–Crippen LogP) is 0.774. The molecule has 130 valence electrons. The van der Waals surface area contributed by atoms with Gasteiger partial charge in [-0.05, 0) is 24.8 Å². The molecule has 2 amide bonds. The molecule has 0 bridgehead atoms. The topological polar surface area (TPSA) is 69.6 Å². The molecule has 24 heavy (non-hydrogen) atoms. The molecule has 2 fully saturated rings. The van der Waals surface area contributed by atoms with Crippen molar-refractivity contribution in [3.8, 4) is 0 Å². The molecule has 2 aliphatic rings. The maximum Gasteiger partial charge on any atom is 0.232 e. The smallest absolute Gasteiger partial charge is 0.232 e. The van der Waals surface area contributed by atoms with Crippen LogP contribution in [0.4, 0.5) is 5.95 Å². The van der Waals surface area contributed by atoms with Crippen molar-refractivity contribution in [1.29, 1.82) is 0 Å². The number of hydrogen-bond acceptors (Lipinski definition) is 5. The highest BCUT2D eigenvalue weighted by Gasteiger charge is 2.27. The molecule has 2 aliphatic heterocycles. The zero-order valence-electron chi connectivity index (χ0n) is 14.2. The average Bonchev–Trinajstić information content (AvgIpc) is 2.62. The number of hydrogen-bond donors (Lipinski definition) is 0. The van der Waals surface area contributed by atoms with Gasteiger partial charge in [-0.1, -0.05) is 6.92 Å². The molecule has 0 spiro atoms. The van der Waals surface area contributed by atoms with Gasteiger partial charge in [0.25, 0.3) is 0 Å². The van der Waals surface area contributed by atoms with Crippen molar-refractivity contribution in [3.05, 3.63) is 18.5 Å². The molecule has 1 unspecified atom stereocenters. The minimum absolute atomic E-state index is 0.00540. The van der Waals surface area contributed by atoms with E-state index in [4.69, 9.17) is 0 Å². The van der Waals surface area contributed by atoms with Gasteiger partial charge in [-0.3, -0.25) is 9.59 Å². The van der Waals surface area contributed by atoms with Crippen LogP contribution in [0.15, 0.2) is 18.5 Å². The van der Waals surface area contributed by atoms with Crippen molar-refractivity contribution in [2.45, 2.75) is 26.2 Å². The Morgan fingerprint density at radius 3 is 2.38 bits per heavy atom. The first-order valence-corrected chi connectivity index (χ1v) is 8.71. The molecular formula is C17H25N5O2. The normalized spacial score (nSPS) is 21.7. The number of amides is 2. The second-order valence-electron chi connectivity index (χ2n) is 6.68. The highest BCUT2D eigenvalue weighted by molar-refractivity contribution is 5.97. The van der Waals surface area contributed by atoms with Crippen molar-refractivity contribution >= 4 is 17.8 Å². The van der Waals surface area contributed by atoms with E-state index in [1.165, 1.54) is 6.42 Å². The summed E-state index contributed by atoms with van der Waals surface area (Å²) in [5.41, 5.74) is 0. The largest absolute Gasteiger partial charge is 0.342 e. The highest BCUT2D eigenvalue weighted by atomic mass is 16.2. The number of piperazine rings is 1. The van der Waals surface area contributed by atoms with E-state index in [2.05, 4.69) is 21.8 Å². The molecule has 7 nitrogen and oxygen atoms in total. The van der Waals surface area contributed by atoms with Crippen LogP contribution in [-0.2, 0) is 9.59 Å². The number of likely N-dealkylation sites (tertiary alicyclic amines) is 1. The molecule has 0 radical (unpaired) electrons. The summed E-state index contributed by atoms with van der Waals surface area (Å²) in [6.45, 7) is 6.35. The summed E-state index contributed by atoms with van der Waals surface area (Å²) < 4.78 is 0. The van der Waals surface area contributed by atoms with Gasteiger partial charge in [-0.25, -0.2) is 9.97 Å². The van der Waals surface area contributed by atoms with Crippen molar-refractivity contribution in [2.75, 3.05) is 44.2 Å². The Kier molecular flexibility index (Phi) is 5.27. The first-order chi connectivity index (χ1) is 11.6. The zero-order chi connectivity index (χ0) is 16.9. The van der Waals surface area contributed by atoms with Crippen LogP contribution in [-0.4, -0.2) is 70.9 Å². The molecule has 1 aromatic rings. The Balaban J connectivity index is 1.47. The maximum atomic E-state index is 12.4. The van der Waals surface area contributed by atoms with Gasteiger partial charge in [0.05, 0.1) is 0 Å². The van der Waals surface area contributed by atoms with Crippen LogP contribution in [0.2, 0.25) is 0 Å². The molecule has 0 aliphatic carbocycles. The van der Waals surface area contributed by atoms with E-state index in [0.29, 0.717) is 38.0 Å². The number of anilines is 1. The number of carbonyl (C=O) groups excluding carboxylic acids is 2. The van der Waals surface area contributed by atoms with E-state index < -0.39 is 0 Å². The second-order valence-corrected chi connectivity index (χ2v) is 6.68. The fraction of sp³-hybridized carbons (Fsp3) is 0.647. The summed E-state index contributed by atoms with van der Waals surface area (Å²) >= 11 is 0. The van der Waals surface area contributed by atoms with Gasteiger partial charge in [0.2, 0.25) is 17.8 Å². The summed E-state index contributed by atoms with van der Waals surface area (Å²) in [7, 11) is 0. The second kappa shape index (κ2) is 7.59. The van der Waals surface area contributed by atoms with Crippen molar-refractivity contribution in [2.24, 2.45) is 5.92 Å². The van der Waals surface area contributed by atoms with Gasteiger partial charge < -0.3 is 14.7 Å². The molecule has 1 atom stereocenters. The van der Waals surface area contributed by atoms with Gasteiger partial charge in [-0.2, -0.15) is 0 Å². The van der Waals surface area contributed by atoms with E-state index >= 15 is 0 Å². The van der Waals surface area contributed by atoms with Crippen LogP contribution in [0, 0.1) is 5.92 Å². The summed E-state index contributed by atoms with van der Waals surface area (Å²) in [6, 6.07) is 1.79. The Labute approximate surface area is 142 Å². The third-order valence-corrected chi connectivity index (χ3v) is 4.78. The number of nitrogens with zero attached hydrogens (tertiary/aromatic N) is 5. The monoisotopic (exact) mass is 331 g/mol. The molecule has 0 N–H and O–H groups in total. The van der Waals surface area contributed by atoms with Gasteiger partial charge in [0.1, 0.15) is 6.42 Å². The lowest BCUT2D eigenvalue weighted by Gasteiger charge is -2.35. The molecule has 0 saturated carbocycles. The average molecular weight is 331 g/mol. The van der Waals surface area contributed by atoms with Crippen LogP contribution >= 0.6 is 0 Å². The number of rotatable bonds is 3. The van der Waals surface area contributed by atoms with E-state index in [1.807, 2.05) is 4.90 Å². The Morgan fingerprint density at radius 2 is 1.71 bits per heavy atom. The third-order valence-electron chi connectivity index (χ3n) is 4.78. The lowest BCUT2D eigenvalue weighted by Crippen LogP contribution is -2.50. The molecule has 0 aromatic carbocycles. The number of aromatic nitrogens is 2. The summed E-state index contributed by atoms with van der Waals surface area (Å²) in [5, 5.41) is 0. The van der Waals surface area contributed by atoms with Crippen LogP contribution in [0.25, 0.3) is 0 Å². The lowest BCUT2D eigenvalue weighted by molar-refractivity contribution is -0.141. The van der Waals surface area contributed by atoms with E-state index in [-0.39, 0.29) is 18.2 Å². The first-order valence-electron chi connectivity index (χ1n) is 8.71. The standard InChI is InChI=1S/C17H25N5O2/c1-14-4-2-7-22(13-14)16(24)12-15(23)20-8-10-21(11-9-20)17-18-5-3-6-19-17/h3,5-6,14H,2,4,7-13H2,1H3. The molecule has 7 heteroatoms. The zero-order valence-corrected chi connectivity index (χ0v) is 14.2. The molecule has 1 aromatic heterocycles. The fourth-order valence-corrected chi connectivity index (χ4v) is 3.38. The van der Waals surface area contributed by atoms with E-state index in [1.54, 1.807) is 23.4 Å². The van der Waals surface area contributed by atoms with Gasteiger partial charge >= 0.3 is 0 Å². The Morgan fingerprint density at radius 1 is 1.04 bits per heavy atom. The third kappa shape index (κ3) is 4.01. The van der Waals surface area contributed by atoms with Gasteiger partial charge in [-0.15, -0.1) is 0 Å². The van der Waals surface area contributed by atoms with E-state index in [0.717, 1.165) is 19.5 Å². The van der Waals surface area contributed by atoms with Gasteiger partial charge in [0.15, 0.2) is 0 Å². The van der Waals surface area contributed by atoms with Crippen LogP contribution in [0.1, 0.15) is 26.2 Å². The summed E-state index contributed by atoms with van der Waals surface area (Å²) in [5.74, 6) is 1.14. The highest BCUT2D eigenvalue weighted by Crippen LogP contribution is 2.17. The minimum Gasteiger partial charge on any atom is -0.342 e. The molecule has 3 heterocycles. The molecular weight excluding hydrogens is 306 g/mol. The van der Waals surface area contributed by atoms with Crippen molar-refractivity contribution in [3.63, 3.8) is 0 Å². The fourth-order valence-electron chi connectivity index (χ4n) is 3.38. The summed E-state index contributed by atoms with van der Waals surface area (Å²) in [6.07, 6.45) is 5.64. The predicted molar refractivity (Wildman–Crippen MR) is 90.4 cm³/mol. The van der Waals surface area contributed by atoms with Crippen LogP contribution in [0.3, 0.4) is 0 Å². The Bertz CT molecular complexity index is 572. The lowest BCUT2D eigenvalue weighted by atomic mass is 10.00. The Hall–Kier alpha value is -2.18. The number of carbonyl (C=O) groups is 2. The molecule has 3 rings (SSSR count). The molecule has 2 saturated heterocycles. The quantitative estimate of drug-likeness (QED) is 0.766. The van der Waals surface area contributed by atoms with Crippen LogP contribution < -0.4 is 4.90 Å². The van der Waals surface area contributed by atoms with E-state index in [9.17, 15) is 9.59 Å². The van der Waals surface area contributed by atoms with Crippen LogP contribution in [0.5, 0.6) is 0 Å². The summed E-state index contributed by atoms with van der Waals surface area (Å²) in [4.78, 5) is 38.9. The van der Waals surface area contributed by atoms with Crippen molar-refractivity contribution < 1.29 is 9.59 Å². The van der Waals surface area contributed by atoms with Gasteiger partial charge in [0, 0.05) is 51.7 Å².